The minimum atomic E-state index is -0.394. The molecular weight excluding hydrogens is 438 g/mol. The van der Waals surface area contributed by atoms with Crippen molar-refractivity contribution in [2.75, 3.05) is 43.0 Å². The molecule has 6 nitrogen and oxygen atoms in total. The number of hydrogen-bond donors (Lipinski definition) is 1. The summed E-state index contributed by atoms with van der Waals surface area (Å²) >= 11 is 0. The van der Waals surface area contributed by atoms with Crippen molar-refractivity contribution < 1.29 is 14.3 Å². The molecule has 182 valence electrons. The predicted octanol–water partition coefficient (Wildman–Crippen LogP) is 5.00. The fourth-order valence-corrected chi connectivity index (χ4v) is 4.33. The van der Waals surface area contributed by atoms with Crippen LogP contribution in [0.1, 0.15) is 45.7 Å². The molecule has 3 aromatic carbocycles. The van der Waals surface area contributed by atoms with E-state index in [-0.39, 0.29) is 5.91 Å². The summed E-state index contributed by atoms with van der Waals surface area (Å²) in [6.45, 7) is 8.59. The summed E-state index contributed by atoms with van der Waals surface area (Å²) in [7, 11) is 0. The average Bonchev–Trinajstić information content (AvgIpc) is 2.90. The van der Waals surface area contributed by atoms with Gasteiger partial charge < -0.3 is 15.0 Å². The summed E-state index contributed by atoms with van der Waals surface area (Å²) in [6.07, 6.45) is 0.921. The van der Waals surface area contributed by atoms with Gasteiger partial charge in [-0.2, -0.15) is 0 Å². The molecule has 1 saturated heterocycles. The first-order valence-corrected chi connectivity index (χ1v) is 12.3. The number of amides is 1. The van der Waals surface area contributed by atoms with Crippen molar-refractivity contribution in [2.45, 2.75) is 26.8 Å². The lowest BCUT2D eigenvalue weighted by atomic mass is 10.1. The van der Waals surface area contributed by atoms with Crippen molar-refractivity contribution in [3.05, 3.63) is 95.1 Å². The molecule has 0 atom stereocenters. The number of piperazine rings is 1. The lowest BCUT2D eigenvalue weighted by Crippen LogP contribution is -2.46. The summed E-state index contributed by atoms with van der Waals surface area (Å²) < 4.78 is 5.18. The van der Waals surface area contributed by atoms with Crippen LogP contribution in [0.15, 0.2) is 72.8 Å². The molecule has 0 bridgehead atoms. The van der Waals surface area contributed by atoms with Crippen LogP contribution in [0.25, 0.3) is 0 Å². The summed E-state index contributed by atoms with van der Waals surface area (Å²) in [5.74, 6) is -0.591. The standard InChI is InChI=1S/C29H33N3O3/c1-3-22-10-12-24(13-11-22)28(33)30-26-20-25(29(34)35-4-2)14-15-27(26)32-18-16-31(17-19-32)21-23-8-6-5-7-9-23/h5-15,20H,3-4,16-19,21H2,1-2H3,(H,30,33). The van der Waals surface area contributed by atoms with Crippen LogP contribution in [0, 0.1) is 0 Å². The number of anilines is 2. The minimum absolute atomic E-state index is 0.197. The zero-order valence-electron chi connectivity index (χ0n) is 20.5. The Kier molecular flexibility index (Phi) is 8.16. The molecule has 0 unspecified atom stereocenters. The van der Waals surface area contributed by atoms with E-state index in [2.05, 4.69) is 46.3 Å². The van der Waals surface area contributed by atoms with E-state index in [1.807, 2.05) is 36.4 Å². The third-order valence-corrected chi connectivity index (χ3v) is 6.34. The van der Waals surface area contributed by atoms with E-state index in [0.717, 1.165) is 44.8 Å². The number of nitrogens with one attached hydrogen (secondary N) is 1. The van der Waals surface area contributed by atoms with Gasteiger partial charge in [0.05, 0.1) is 23.5 Å². The molecular formula is C29H33N3O3. The number of carbonyl (C=O) groups excluding carboxylic acids is 2. The Hall–Kier alpha value is -3.64. The Morgan fingerprint density at radius 3 is 2.17 bits per heavy atom. The molecule has 0 aromatic heterocycles. The van der Waals surface area contributed by atoms with E-state index in [0.29, 0.717) is 23.4 Å². The van der Waals surface area contributed by atoms with Crippen molar-refractivity contribution >= 4 is 23.3 Å². The summed E-state index contributed by atoms with van der Waals surface area (Å²) in [5, 5.41) is 3.05. The van der Waals surface area contributed by atoms with Gasteiger partial charge in [-0.15, -0.1) is 0 Å². The molecule has 35 heavy (non-hydrogen) atoms. The van der Waals surface area contributed by atoms with Crippen LogP contribution in [0.3, 0.4) is 0 Å². The summed E-state index contributed by atoms with van der Waals surface area (Å²) in [5.41, 5.74) is 5.03. The van der Waals surface area contributed by atoms with E-state index in [4.69, 9.17) is 4.74 Å². The van der Waals surface area contributed by atoms with Gasteiger partial charge in [0, 0.05) is 38.3 Å². The second-order valence-corrected chi connectivity index (χ2v) is 8.71. The third-order valence-electron chi connectivity index (χ3n) is 6.34. The van der Waals surface area contributed by atoms with Crippen molar-refractivity contribution in [1.82, 2.24) is 4.90 Å². The number of ether oxygens (including phenoxy) is 1. The van der Waals surface area contributed by atoms with Gasteiger partial charge in [0.2, 0.25) is 0 Å². The van der Waals surface area contributed by atoms with Crippen LogP contribution in [0.2, 0.25) is 0 Å². The monoisotopic (exact) mass is 471 g/mol. The van der Waals surface area contributed by atoms with E-state index in [1.54, 1.807) is 19.1 Å². The van der Waals surface area contributed by atoms with E-state index in [1.165, 1.54) is 11.1 Å². The predicted molar refractivity (Wildman–Crippen MR) is 140 cm³/mol. The van der Waals surface area contributed by atoms with Crippen molar-refractivity contribution in [3.63, 3.8) is 0 Å². The van der Waals surface area contributed by atoms with Gasteiger partial charge in [0.15, 0.2) is 0 Å². The number of carbonyl (C=O) groups is 2. The number of aryl methyl sites for hydroxylation is 1. The Morgan fingerprint density at radius 1 is 0.829 bits per heavy atom. The molecule has 1 fully saturated rings. The lowest BCUT2D eigenvalue weighted by Gasteiger charge is -2.37. The minimum Gasteiger partial charge on any atom is -0.462 e. The second-order valence-electron chi connectivity index (χ2n) is 8.71. The first kappa shape index (κ1) is 24.5. The first-order chi connectivity index (χ1) is 17.1. The fraction of sp³-hybridized carbons (Fsp3) is 0.310. The lowest BCUT2D eigenvalue weighted by molar-refractivity contribution is 0.0526. The van der Waals surface area contributed by atoms with Gasteiger partial charge in [-0.25, -0.2) is 4.79 Å². The van der Waals surface area contributed by atoms with Crippen LogP contribution in [-0.4, -0.2) is 49.6 Å². The van der Waals surface area contributed by atoms with Crippen LogP contribution in [-0.2, 0) is 17.7 Å². The normalized spacial score (nSPS) is 13.9. The molecule has 1 amide bonds. The van der Waals surface area contributed by atoms with Gasteiger partial charge >= 0.3 is 5.97 Å². The largest absolute Gasteiger partial charge is 0.462 e. The Morgan fingerprint density at radius 2 is 1.51 bits per heavy atom. The molecule has 0 radical (unpaired) electrons. The summed E-state index contributed by atoms with van der Waals surface area (Å²) in [6, 6.07) is 23.5. The second kappa shape index (κ2) is 11.7. The highest BCUT2D eigenvalue weighted by Gasteiger charge is 2.22. The highest BCUT2D eigenvalue weighted by molar-refractivity contribution is 6.06. The van der Waals surface area contributed by atoms with Gasteiger partial charge in [-0.1, -0.05) is 49.4 Å². The molecule has 4 rings (SSSR count). The number of rotatable bonds is 8. The summed E-state index contributed by atoms with van der Waals surface area (Å²) in [4.78, 5) is 30.1. The molecule has 0 aliphatic carbocycles. The van der Waals surface area contributed by atoms with Gasteiger partial charge in [-0.05, 0) is 54.8 Å². The Bertz CT molecular complexity index is 1140. The van der Waals surface area contributed by atoms with E-state index < -0.39 is 5.97 Å². The quantitative estimate of drug-likeness (QED) is 0.469. The van der Waals surface area contributed by atoms with Gasteiger partial charge in [0.25, 0.3) is 5.91 Å². The zero-order chi connectivity index (χ0) is 24.6. The maximum atomic E-state index is 13.1. The topological polar surface area (TPSA) is 61.9 Å². The highest BCUT2D eigenvalue weighted by Crippen LogP contribution is 2.29. The third kappa shape index (κ3) is 6.28. The SMILES string of the molecule is CCOC(=O)c1ccc(N2CCN(Cc3ccccc3)CC2)c(NC(=O)c2ccc(CC)cc2)c1. The first-order valence-electron chi connectivity index (χ1n) is 12.3. The molecule has 3 aromatic rings. The molecule has 6 heteroatoms. The average molecular weight is 472 g/mol. The van der Waals surface area contributed by atoms with Crippen molar-refractivity contribution in [1.29, 1.82) is 0 Å². The van der Waals surface area contributed by atoms with Crippen LogP contribution in [0.4, 0.5) is 11.4 Å². The maximum Gasteiger partial charge on any atom is 0.338 e. The Balaban J connectivity index is 1.51. The smallest absolute Gasteiger partial charge is 0.338 e. The van der Waals surface area contributed by atoms with Crippen molar-refractivity contribution in [2.24, 2.45) is 0 Å². The van der Waals surface area contributed by atoms with Crippen LogP contribution in [0.5, 0.6) is 0 Å². The zero-order valence-corrected chi connectivity index (χ0v) is 20.5. The molecule has 1 aliphatic heterocycles. The van der Waals surface area contributed by atoms with Crippen LogP contribution >= 0.6 is 0 Å². The maximum absolute atomic E-state index is 13.1. The molecule has 1 N–H and O–H groups in total. The van der Waals surface area contributed by atoms with Gasteiger partial charge in [-0.3, -0.25) is 9.69 Å². The number of hydrogen-bond acceptors (Lipinski definition) is 5. The Labute approximate surface area is 207 Å². The number of nitrogens with zero attached hydrogens (tertiary/aromatic N) is 2. The van der Waals surface area contributed by atoms with Crippen LogP contribution < -0.4 is 10.2 Å². The molecule has 0 spiro atoms. The fourth-order valence-electron chi connectivity index (χ4n) is 4.33. The van der Waals surface area contributed by atoms with E-state index in [9.17, 15) is 9.59 Å². The molecule has 1 heterocycles. The molecule has 0 saturated carbocycles. The molecule has 1 aliphatic rings. The number of esters is 1. The highest BCUT2D eigenvalue weighted by atomic mass is 16.5. The van der Waals surface area contributed by atoms with Crippen molar-refractivity contribution in [3.8, 4) is 0 Å². The van der Waals surface area contributed by atoms with E-state index >= 15 is 0 Å². The number of benzene rings is 3. The van der Waals surface area contributed by atoms with Gasteiger partial charge in [0.1, 0.15) is 0 Å².